The summed E-state index contributed by atoms with van der Waals surface area (Å²) < 4.78 is 0. The SMILES string of the molecule is CC(C)(O)C(=O)c1cccc(C2CCC2)c1. The molecule has 0 heterocycles. The molecule has 0 bridgehead atoms. The first kappa shape index (κ1) is 11.3. The van der Waals surface area contributed by atoms with Crippen LogP contribution in [0.5, 0.6) is 0 Å². The normalized spacial score (nSPS) is 16.9. The van der Waals surface area contributed by atoms with Crippen LogP contribution in [0.4, 0.5) is 0 Å². The van der Waals surface area contributed by atoms with Crippen LogP contribution in [0, 0.1) is 0 Å². The quantitative estimate of drug-likeness (QED) is 0.792. The lowest BCUT2D eigenvalue weighted by atomic mass is 9.79. The number of hydrogen-bond donors (Lipinski definition) is 1. The second-order valence-corrected chi connectivity index (χ2v) is 5.14. The van der Waals surface area contributed by atoms with Gasteiger partial charge in [0.2, 0.25) is 0 Å². The van der Waals surface area contributed by atoms with E-state index in [1.165, 1.54) is 38.7 Å². The highest BCUT2D eigenvalue weighted by Crippen LogP contribution is 2.36. The number of carbonyl (C=O) groups excluding carboxylic acids is 1. The van der Waals surface area contributed by atoms with Crippen LogP contribution < -0.4 is 0 Å². The highest BCUT2D eigenvalue weighted by atomic mass is 16.3. The number of Topliss-reactive ketones (excluding diaryl/α,β-unsaturated/α-hetero) is 1. The summed E-state index contributed by atoms with van der Waals surface area (Å²) in [5.74, 6) is 0.420. The number of carbonyl (C=O) groups is 1. The van der Waals surface area contributed by atoms with Crippen molar-refractivity contribution in [2.75, 3.05) is 0 Å². The van der Waals surface area contributed by atoms with Crippen LogP contribution in [0.3, 0.4) is 0 Å². The third-order valence-electron chi connectivity index (χ3n) is 3.28. The molecule has 1 aromatic carbocycles. The first-order valence-electron chi connectivity index (χ1n) is 5.85. The molecule has 0 spiro atoms. The molecule has 2 rings (SSSR count). The van der Waals surface area contributed by atoms with Crippen molar-refractivity contribution in [2.45, 2.75) is 44.6 Å². The zero-order valence-corrected chi connectivity index (χ0v) is 9.86. The van der Waals surface area contributed by atoms with Crippen molar-refractivity contribution in [3.8, 4) is 0 Å². The van der Waals surface area contributed by atoms with Gasteiger partial charge in [0.05, 0.1) is 0 Å². The maximum Gasteiger partial charge on any atom is 0.193 e. The van der Waals surface area contributed by atoms with Gasteiger partial charge in [0, 0.05) is 5.56 Å². The van der Waals surface area contributed by atoms with Gasteiger partial charge in [0.1, 0.15) is 5.60 Å². The first-order valence-corrected chi connectivity index (χ1v) is 5.85. The van der Waals surface area contributed by atoms with Gasteiger partial charge in [-0.3, -0.25) is 4.79 Å². The summed E-state index contributed by atoms with van der Waals surface area (Å²) in [5.41, 5.74) is 0.580. The molecule has 86 valence electrons. The van der Waals surface area contributed by atoms with E-state index in [1.54, 1.807) is 6.07 Å². The summed E-state index contributed by atoms with van der Waals surface area (Å²) in [6.07, 6.45) is 3.73. The third-order valence-corrected chi connectivity index (χ3v) is 3.28. The van der Waals surface area contributed by atoms with E-state index in [1.807, 2.05) is 12.1 Å². The van der Waals surface area contributed by atoms with Gasteiger partial charge in [-0.25, -0.2) is 0 Å². The van der Waals surface area contributed by atoms with Gasteiger partial charge in [-0.15, -0.1) is 0 Å². The lowest BCUT2D eigenvalue weighted by molar-refractivity contribution is 0.0488. The molecule has 1 saturated carbocycles. The minimum atomic E-state index is -1.28. The maximum atomic E-state index is 11.9. The molecule has 0 radical (unpaired) electrons. The minimum absolute atomic E-state index is 0.200. The van der Waals surface area contributed by atoms with Crippen LogP contribution >= 0.6 is 0 Å². The molecule has 1 aliphatic carbocycles. The Balaban J connectivity index is 2.25. The molecule has 1 N–H and O–H groups in total. The van der Waals surface area contributed by atoms with Crippen molar-refractivity contribution in [1.82, 2.24) is 0 Å². The van der Waals surface area contributed by atoms with Crippen molar-refractivity contribution in [3.63, 3.8) is 0 Å². The number of ketones is 1. The Labute approximate surface area is 96.3 Å². The zero-order valence-electron chi connectivity index (χ0n) is 9.86. The van der Waals surface area contributed by atoms with Crippen LogP contribution in [-0.4, -0.2) is 16.5 Å². The van der Waals surface area contributed by atoms with Crippen molar-refractivity contribution < 1.29 is 9.90 Å². The van der Waals surface area contributed by atoms with E-state index in [4.69, 9.17) is 0 Å². The number of benzene rings is 1. The summed E-state index contributed by atoms with van der Waals surface area (Å²) in [7, 11) is 0. The molecular formula is C14H18O2. The smallest absolute Gasteiger partial charge is 0.193 e. The average Bonchev–Trinajstić information content (AvgIpc) is 2.13. The molecular weight excluding hydrogens is 200 g/mol. The van der Waals surface area contributed by atoms with E-state index in [-0.39, 0.29) is 5.78 Å². The summed E-state index contributed by atoms with van der Waals surface area (Å²) >= 11 is 0. The second kappa shape index (κ2) is 4.02. The molecule has 0 unspecified atom stereocenters. The lowest BCUT2D eigenvalue weighted by Gasteiger charge is -2.26. The maximum absolute atomic E-state index is 11.9. The molecule has 0 amide bonds. The average molecular weight is 218 g/mol. The third kappa shape index (κ3) is 2.17. The Morgan fingerprint density at radius 1 is 1.38 bits per heavy atom. The number of aliphatic hydroxyl groups is 1. The van der Waals surface area contributed by atoms with Crippen molar-refractivity contribution >= 4 is 5.78 Å². The van der Waals surface area contributed by atoms with E-state index in [2.05, 4.69) is 6.07 Å². The Morgan fingerprint density at radius 2 is 2.06 bits per heavy atom. The molecule has 1 aromatic rings. The van der Waals surface area contributed by atoms with E-state index in [0.29, 0.717) is 11.5 Å². The molecule has 0 saturated heterocycles. The van der Waals surface area contributed by atoms with E-state index >= 15 is 0 Å². The molecule has 0 aromatic heterocycles. The van der Waals surface area contributed by atoms with Crippen LogP contribution in [-0.2, 0) is 0 Å². The molecule has 2 nitrogen and oxygen atoms in total. The van der Waals surface area contributed by atoms with Crippen molar-refractivity contribution in [3.05, 3.63) is 35.4 Å². The molecule has 1 aliphatic rings. The monoisotopic (exact) mass is 218 g/mol. The van der Waals surface area contributed by atoms with Crippen molar-refractivity contribution in [1.29, 1.82) is 0 Å². The summed E-state index contributed by atoms with van der Waals surface area (Å²) in [6, 6.07) is 7.70. The molecule has 1 fully saturated rings. The minimum Gasteiger partial charge on any atom is -0.382 e. The molecule has 2 heteroatoms. The van der Waals surface area contributed by atoms with E-state index in [9.17, 15) is 9.90 Å². The largest absolute Gasteiger partial charge is 0.382 e. The second-order valence-electron chi connectivity index (χ2n) is 5.14. The Hall–Kier alpha value is -1.15. The first-order chi connectivity index (χ1) is 7.48. The molecule has 0 atom stereocenters. The van der Waals surface area contributed by atoms with Gasteiger partial charge in [-0.2, -0.15) is 0 Å². The zero-order chi connectivity index (χ0) is 11.8. The Bertz CT molecular complexity index is 397. The summed E-state index contributed by atoms with van der Waals surface area (Å²) in [5, 5.41) is 9.69. The highest BCUT2D eigenvalue weighted by Gasteiger charge is 2.26. The Kier molecular flexibility index (Phi) is 2.85. The molecule has 16 heavy (non-hydrogen) atoms. The van der Waals surface area contributed by atoms with E-state index in [0.717, 1.165) is 0 Å². The number of rotatable bonds is 3. The van der Waals surface area contributed by atoms with Gasteiger partial charge in [-0.05, 0) is 44.2 Å². The predicted molar refractivity (Wildman–Crippen MR) is 63.7 cm³/mol. The number of hydrogen-bond acceptors (Lipinski definition) is 2. The van der Waals surface area contributed by atoms with Gasteiger partial charge < -0.3 is 5.11 Å². The highest BCUT2D eigenvalue weighted by molar-refractivity contribution is 6.01. The fourth-order valence-electron chi connectivity index (χ4n) is 2.03. The standard InChI is InChI=1S/C14H18O2/c1-14(2,16)13(15)12-8-4-7-11(9-12)10-5-3-6-10/h4,7-10,16H,3,5-6H2,1-2H3. The fraction of sp³-hybridized carbons (Fsp3) is 0.500. The van der Waals surface area contributed by atoms with Gasteiger partial charge >= 0.3 is 0 Å². The lowest BCUT2D eigenvalue weighted by Crippen LogP contribution is -2.31. The van der Waals surface area contributed by atoms with E-state index < -0.39 is 5.60 Å². The van der Waals surface area contributed by atoms with Crippen LogP contribution in [0.15, 0.2) is 24.3 Å². The topological polar surface area (TPSA) is 37.3 Å². The van der Waals surface area contributed by atoms with Crippen LogP contribution in [0.1, 0.15) is 54.9 Å². The van der Waals surface area contributed by atoms with Gasteiger partial charge in [-0.1, -0.05) is 24.6 Å². The van der Waals surface area contributed by atoms with Crippen molar-refractivity contribution in [2.24, 2.45) is 0 Å². The Morgan fingerprint density at radius 3 is 2.56 bits per heavy atom. The fourth-order valence-corrected chi connectivity index (χ4v) is 2.03. The molecule has 0 aliphatic heterocycles. The van der Waals surface area contributed by atoms with Crippen LogP contribution in [0.25, 0.3) is 0 Å². The van der Waals surface area contributed by atoms with Gasteiger partial charge in [0.25, 0.3) is 0 Å². The predicted octanol–water partition coefficient (Wildman–Crippen LogP) is 2.91. The summed E-state index contributed by atoms with van der Waals surface area (Å²) in [4.78, 5) is 11.9. The van der Waals surface area contributed by atoms with Crippen LogP contribution in [0.2, 0.25) is 0 Å². The van der Waals surface area contributed by atoms with Gasteiger partial charge in [0.15, 0.2) is 5.78 Å². The summed E-state index contributed by atoms with van der Waals surface area (Å²) in [6.45, 7) is 3.07.